The number of amides is 1. The molecule has 2 atom stereocenters. The van der Waals surface area contributed by atoms with Crippen molar-refractivity contribution in [2.45, 2.75) is 25.8 Å². The molecule has 0 spiro atoms. The molecule has 1 N–H and O–H groups in total. The zero-order chi connectivity index (χ0) is 15.1. The number of hydrogen-bond acceptors (Lipinski definition) is 3. The number of imidazole rings is 1. The van der Waals surface area contributed by atoms with Gasteiger partial charge in [0.2, 0.25) is 5.91 Å². The highest BCUT2D eigenvalue weighted by Gasteiger charge is 2.44. The van der Waals surface area contributed by atoms with Gasteiger partial charge in [0.15, 0.2) is 0 Å². The molecule has 3 aromatic heterocycles. The Morgan fingerprint density at radius 2 is 2.32 bits per heavy atom. The van der Waals surface area contributed by atoms with Gasteiger partial charge in [0.25, 0.3) is 0 Å². The van der Waals surface area contributed by atoms with E-state index in [1.54, 1.807) is 11.3 Å². The van der Waals surface area contributed by atoms with Crippen LogP contribution in [0.25, 0.3) is 5.65 Å². The van der Waals surface area contributed by atoms with Crippen LogP contribution < -0.4 is 5.32 Å². The van der Waals surface area contributed by atoms with Gasteiger partial charge in [0.05, 0.1) is 12.2 Å². The molecule has 0 unspecified atom stereocenters. The van der Waals surface area contributed by atoms with E-state index in [1.807, 2.05) is 35.0 Å². The minimum absolute atomic E-state index is 0.134. The smallest absolute Gasteiger partial charge is 0.224 e. The molecule has 0 saturated heterocycles. The molecule has 3 aromatic rings. The normalized spacial score (nSPS) is 20.2. The number of thiophene rings is 1. The summed E-state index contributed by atoms with van der Waals surface area (Å²) >= 11 is 1.80. The first kappa shape index (κ1) is 13.5. The van der Waals surface area contributed by atoms with Crippen LogP contribution in [-0.2, 0) is 11.3 Å². The first-order valence-corrected chi connectivity index (χ1v) is 8.29. The van der Waals surface area contributed by atoms with Gasteiger partial charge in [0.1, 0.15) is 5.65 Å². The molecule has 5 heteroatoms. The molecule has 1 saturated carbocycles. The van der Waals surface area contributed by atoms with E-state index < -0.39 is 0 Å². The van der Waals surface area contributed by atoms with E-state index in [0.717, 1.165) is 17.8 Å². The molecule has 0 aromatic carbocycles. The highest BCUT2D eigenvalue weighted by atomic mass is 32.1. The maximum atomic E-state index is 12.2. The minimum atomic E-state index is 0.134. The zero-order valence-corrected chi connectivity index (χ0v) is 13.1. The van der Waals surface area contributed by atoms with Crippen molar-refractivity contribution in [3.8, 4) is 0 Å². The van der Waals surface area contributed by atoms with E-state index in [-0.39, 0.29) is 11.8 Å². The summed E-state index contributed by atoms with van der Waals surface area (Å²) in [5.74, 6) is 0.697. The topological polar surface area (TPSA) is 46.4 Å². The van der Waals surface area contributed by atoms with Gasteiger partial charge in [-0.2, -0.15) is 0 Å². The lowest BCUT2D eigenvalue weighted by molar-refractivity contribution is -0.122. The predicted molar refractivity (Wildman–Crippen MR) is 86.9 cm³/mol. The first-order chi connectivity index (χ1) is 10.7. The molecule has 4 nitrogen and oxygen atoms in total. The Morgan fingerprint density at radius 1 is 1.41 bits per heavy atom. The van der Waals surface area contributed by atoms with Crippen molar-refractivity contribution in [1.82, 2.24) is 14.7 Å². The predicted octanol–water partition coefficient (Wildman–Crippen LogP) is 3.12. The second-order valence-corrected chi connectivity index (χ2v) is 7.13. The minimum Gasteiger partial charge on any atom is -0.350 e. The fourth-order valence-corrected chi connectivity index (χ4v) is 3.89. The van der Waals surface area contributed by atoms with Crippen molar-refractivity contribution in [1.29, 1.82) is 0 Å². The number of aromatic nitrogens is 2. The highest BCUT2D eigenvalue weighted by molar-refractivity contribution is 7.12. The first-order valence-electron chi connectivity index (χ1n) is 7.47. The van der Waals surface area contributed by atoms with Crippen molar-refractivity contribution in [3.05, 3.63) is 58.2 Å². The molecule has 1 aliphatic rings. The highest BCUT2D eigenvalue weighted by Crippen LogP contribution is 2.49. The number of pyridine rings is 1. The van der Waals surface area contributed by atoms with Gasteiger partial charge in [-0.05, 0) is 37.6 Å². The largest absolute Gasteiger partial charge is 0.350 e. The quantitative estimate of drug-likeness (QED) is 0.804. The van der Waals surface area contributed by atoms with Crippen LogP contribution >= 0.6 is 11.3 Å². The zero-order valence-electron chi connectivity index (χ0n) is 12.3. The molecule has 112 valence electrons. The third kappa shape index (κ3) is 2.52. The van der Waals surface area contributed by atoms with Crippen molar-refractivity contribution < 1.29 is 4.79 Å². The molecular formula is C17H17N3OS. The van der Waals surface area contributed by atoms with Crippen LogP contribution in [0.3, 0.4) is 0 Å². The van der Waals surface area contributed by atoms with Crippen molar-refractivity contribution in [2.24, 2.45) is 5.92 Å². The van der Waals surface area contributed by atoms with E-state index in [0.29, 0.717) is 12.5 Å². The molecular weight excluding hydrogens is 294 g/mol. The van der Waals surface area contributed by atoms with E-state index in [4.69, 9.17) is 0 Å². The monoisotopic (exact) mass is 311 g/mol. The molecule has 0 radical (unpaired) electrons. The number of carbonyl (C=O) groups excluding carboxylic acids is 1. The lowest BCUT2D eigenvalue weighted by Crippen LogP contribution is -2.24. The summed E-state index contributed by atoms with van der Waals surface area (Å²) in [5.41, 5.74) is 1.80. The second kappa shape index (κ2) is 5.25. The van der Waals surface area contributed by atoms with Crippen molar-refractivity contribution in [3.63, 3.8) is 0 Å². The summed E-state index contributed by atoms with van der Waals surface area (Å²) in [6, 6.07) is 10.2. The fraction of sp³-hybridized carbons (Fsp3) is 0.294. The summed E-state index contributed by atoms with van der Waals surface area (Å²) in [4.78, 5) is 19.4. The van der Waals surface area contributed by atoms with Gasteiger partial charge in [-0.15, -0.1) is 11.3 Å². The van der Waals surface area contributed by atoms with Crippen LogP contribution in [-0.4, -0.2) is 15.3 Å². The maximum absolute atomic E-state index is 12.2. The summed E-state index contributed by atoms with van der Waals surface area (Å²) in [6.07, 6.45) is 4.89. The Kier molecular flexibility index (Phi) is 3.22. The number of rotatable bonds is 4. The summed E-state index contributed by atoms with van der Waals surface area (Å²) in [6.45, 7) is 2.60. The molecule has 0 bridgehead atoms. The Hall–Kier alpha value is -2.14. The molecule has 4 rings (SSSR count). The van der Waals surface area contributed by atoms with E-state index in [2.05, 4.69) is 29.4 Å². The molecule has 1 aliphatic carbocycles. The third-order valence-electron chi connectivity index (χ3n) is 4.11. The van der Waals surface area contributed by atoms with Crippen LogP contribution in [0.15, 0.2) is 42.7 Å². The van der Waals surface area contributed by atoms with Gasteiger partial charge in [-0.25, -0.2) is 4.98 Å². The number of hydrogen-bond donors (Lipinski definition) is 1. The molecule has 1 amide bonds. The summed E-state index contributed by atoms with van der Waals surface area (Å²) < 4.78 is 1.97. The number of aryl methyl sites for hydroxylation is 1. The Morgan fingerprint density at radius 3 is 3.09 bits per heavy atom. The van der Waals surface area contributed by atoms with Gasteiger partial charge < -0.3 is 9.72 Å². The van der Waals surface area contributed by atoms with E-state index >= 15 is 0 Å². The Bertz CT molecular complexity index is 802. The average Bonchev–Trinajstić information content (AvgIpc) is 3.02. The SMILES string of the molecule is Cc1ccc([C@@H]2C[C@H]2C(=O)NCc2cn3ccccc3n2)s1. The lowest BCUT2D eigenvalue weighted by atomic mass is 10.2. The van der Waals surface area contributed by atoms with Crippen LogP contribution in [0.5, 0.6) is 0 Å². The van der Waals surface area contributed by atoms with E-state index in [1.165, 1.54) is 9.75 Å². The number of nitrogens with one attached hydrogen (secondary N) is 1. The maximum Gasteiger partial charge on any atom is 0.224 e. The van der Waals surface area contributed by atoms with Gasteiger partial charge >= 0.3 is 0 Å². The summed E-state index contributed by atoms with van der Waals surface area (Å²) in [7, 11) is 0. The van der Waals surface area contributed by atoms with Crippen LogP contribution in [0, 0.1) is 12.8 Å². The van der Waals surface area contributed by atoms with Gasteiger partial charge in [-0.3, -0.25) is 4.79 Å². The average molecular weight is 311 g/mol. The Labute approximate surface area is 132 Å². The molecule has 22 heavy (non-hydrogen) atoms. The number of fused-ring (bicyclic) bond motifs is 1. The van der Waals surface area contributed by atoms with E-state index in [9.17, 15) is 4.79 Å². The van der Waals surface area contributed by atoms with Crippen LogP contribution in [0.2, 0.25) is 0 Å². The van der Waals surface area contributed by atoms with Crippen LogP contribution in [0.4, 0.5) is 0 Å². The molecule has 0 aliphatic heterocycles. The number of carbonyl (C=O) groups is 1. The summed E-state index contributed by atoms with van der Waals surface area (Å²) in [5, 5.41) is 3.02. The fourth-order valence-electron chi connectivity index (χ4n) is 2.83. The van der Waals surface area contributed by atoms with Gasteiger partial charge in [0, 0.05) is 34.0 Å². The lowest BCUT2D eigenvalue weighted by Gasteiger charge is -2.01. The molecule has 3 heterocycles. The van der Waals surface area contributed by atoms with Crippen molar-refractivity contribution in [2.75, 3.05) is 0 Å². The van der Waals surface area contributed by atoms with Crippen LogP contribution in [0.1, 0.15) is 27.8 Å². The van der Waals surface area contributed by atoms with Gasteiger partial charge in [-0.1, -0.05) is 6.07 Å². The Balaban J connectivity index is 1.37. The number of nitrogens with zero attached hydrogens (tertiary/aromatic N) is 2. The molecule has 1 fully saturated rings. The van der Waals surface area contributed by atoms with Crippen molar-refractivity contribution >= 4 is 22.9 Å². The second-order valence-electron chi connectivity index (χ2n) is 5.81. The third-order valence-corrected chi connectivity index (χ3v) is 5.24. The standard InChI is InChI=1S/C17H17N3OS/c1-11-5-6-15(22-11)13-8-14(13)17(21)18-9-12-10-20-7-3-2-4-16(20)19-12/h2-7,10,13-14H,8-9H2,1H3,(H,18,21)/t13-,14-/m1/s1.